The maximum Gasteiger partial charge on any atom is 0.191 e. The fraction of sp³-hybridized carbons (Fsp3) is 0.400. The first kappa shape index (κ1) is 17.2. The first-order valence-corrected chi connectivity index (χ1v) is 10.9. The van der Waals surface area contributed by atoms with E-state index in [9.17, 15) is 8.42 Å². The highest BCUT2D eigenvalue weighted by Gasteiger charge is 2.32. The lowest BCUT2D eigenvalue weighted by molar-refractivity contribution is 0.599. The van der Waals surface area contributed by atoms with Crippen LogP contribution in [0.1, 0.15) is 24.0 Å². The second-order valence-electron chi connectivity index (χ2n) is 6.13. The molecule has 0 N–H and O–H groups in total. The lowest BCUT2D eigenvalue weighted by Gasteiger charge is -2.08. The van der Waals surface area contributed by atoms with Crippen molar-refractivity contribution in [1.82, 2.24) is 35.0 Å². The standard InChI is InChI=1S/C15H17N7O2S2/c1-21-14(11-7-8-26(23,24)10-11)17-18-15(21)25-9-13-16-19-20-22(13)12-5-3-2-4-6-12/h2-6,11H,7-10H2,1H3. The van der Waals surface area contributed by atoms with E-state index in [2.05, 4.69) is 25.7 Å². The molecule has 26 heavy (non-hydrogen) atoms. The van der Waals surface area contributed by atoms with Crippen molar-refractivity contribution in [2.24, 2.45) is 7.05 Å². The third-order valence-electron chi connectivity index (χ3n) is 4.33. The molecule has 2 aromatic heterocycles. The van der Waals surface area contributed by atoms with Crippen molar-refractivity contribution >= 4 is 21.6 Å². The van der Waals surface area contributed by atoms with Gasteiger partial charge in [0, 0.05) is 13.0 Å². The predicted molar refractivity (Wildman–Crippen MR) is 95.7 cm³/mol. The van der Waals surface area contributed by atoms with Gasteiger partial charge in [0.2, 0.25) is 0 Å². The van der Waals surface area contributed by atoms with Gasteiger partial charge < -0.3 is 4.57 Å². The van der Waals surface area contributed by atoms with Gasteiger partial charge in [0.15, 0.2) is 20.8 Å². The normalized spacial score (nSPS) is 19.0. The molecular formula is C15H17N7O2S2. The van der Waals surface area contributed by atoms with Crippen LogP contribution in [-0.2, 0) is 22.6 Å². The molecule has 1 fully saturated rings. The maximum atomic E-state index is 11.7. The van der Waals surface area contributed by atoms with E-state index in [-0.39, 0.29) is 17.4 Å². The SMILES string of the molecule is Cn1c(SCc2nnnn2-c2ccccc2)nnc1C1CCS(=O)(=O)C1. The Labute approximate surface area is 154 Å². The average Bonchev–Trinajstić information content (AvgIpc) is 3.33. The number of nitrogens with zero attached hydrogens (tertiary/aromatic N) is 7. The van der Waals surface area contributed by atoms with E-state index < -0.39 is 9.84 Å². The third-order valence-corrected chi connectivity index (χ3v) is 7.12. The van der Waals surface area contributed by atoms with Crippen molar-refractivity contribution in [3.05, 3.63) is 42.0 Å². The zero-order valence-corrected chi connectivity index (χ0v) is 15.7. The van der Waals surface area contributed by atoms with Gasteiger partial charge in [-0.3, -0.25) is 0 Å². The molecule has 1 aliphatic rings. The summed E-state index contributed by atoms with van der Waals surface area (Å²) in [6.45, 7) is 0. The number of aromatic nitrogens is 7. The Hall–Kier alpha value is -2.27. The molecule has 9 nitrogen and oxygen atoms in total. The van der Waals surface area contributed by atoms with E-state index >= 15 is 0 Å². The summed E-state index contributed by atoms with van der Waals surface area (Å²) < 4.78 is 27.0. The largest absolute Gasteiger partial charge is 0.309 e. The van der Waals surface area contributed by atoms with Crippen molar-refractivity contribution in [2.45, 2.75) is 23.2 Å². The Morgan fingerprint density at radius 1 is 1.19 bits per heavy atom. The number of para-hydroxylation sites is 1. The van der Waals surface area contributed by atoms with Crippen LogP contribution in [0.15, 0.2) is 35.5 Å². The van der Waals surface area contributed by atoms with E-state index in [1.165, 1.54) is 11.8 Å². The van der Waals surface area contributed by atoms with Crippen LogP contribution in [0.3, 0.4) is 0 Å². The smallest absolute Gasteiger partial charge is 0.191 e. The van der Waals surface area contributed by atoms with Crippen molar-refractivity contribution in [3.8, 4) is 5.69 Å². The van der Waals surface area contributed by atoms with Gasteiger partial charge in [0.25, 0.3) is 0 Å². The Morgan fingerprint density at radius 3 is 2.73 bits per heavy atom. The van der Waals surface area contributed by atoms with Crippen LogP contribution in [0.5, 0.6) is 0 Å². The van der Waals surface area contributed by atoms with Crippen LogP contribution in [0.2, 0.25) is 0 Å². The van der Waals surface area contributed by atoms with Gasteiger partial charge in [0.1, 0.15) is 5.82 Å². The summed E-state index contributed by atoms with van der Waals surface area (Å²) in [4.78, 5) is 0. The third kappa shape index (κ3) is 3.36. The Balaban J connectivity index is 1.49. The fourth-order valence-electron chi connectivity index (χ4n) is 3.00. The molecule has 1 unspecified atom stereocenters. The molecule has 0 saturated carbocycles. The highest BCUT2D eigenvalue weighted by molar-refractivity contribution is 7.98. The molecule has 0 aliphatic carbocycles. The molecular weight excluding hydrogens is 374 g/mol. The molecule has 0 radical (unpaired) electrons. The van der Waals surface area contributed by atoms with Gasteiger partial charge in [0.05, 0.1) is 22.9 Å². The summed E-state index contributed by atoms with van der Waals surface area (Å²) >= 11 is 1.47. The molecule has 3 heterocycles. The average molecular weight is 391 g/mol. The van der Waals surface area contributed by atoms with Crippen LogP contribution in [-0.4, -0.2) is 54.9 Å². The minimum atomic E-state index is -2.95. The zero-order chi connectivity index (χ0) is 18.1. The van der Waals surface area contributed by atoms with E-state index in [1.54, 1.807) is 4.68 Å². The van der Waals surface area contributed by atoms with Gasteiger partial charge in [-0.15, -0.1) is 15.3 Å². The maximum absolute atomic E-state index is 11.7. The topological polar surface area (TPSA) is 108 Å². The van der Waals surface area contributed by atoms with Gasteiger partial charge >= 0.3 is 0 Å². The van der Waals surface area contributed by atoms with Gasteiger partial charge in [-0.05, 0) is 29.0 Å². The lowest BCUT2D eigenvalue weighted by atomic mass is 10.1. The number of thioether (sulfide) groups is 1. The lowest BCUT2D eigenvalue weighted by Crippen LogP contribution is -2.09. The molecule has 1 aliphatic heterocycles. The van der Waals surface area contributed by atoms with Crippen LogP contribution in [0, 0.1) is 0 Å². The number of hydrogen-bond acceptors (Lipinski definition) is 8. The summed E-state index contributed by atoms with van der Waals surface area (Å²) in [5.74, 6) is 2.23. The molecule has 0 bridgehead atoms. The summed E-state index contributed by atoms with van der Waals surface area (Å²) in [6.07, 6.45) is 0.602. The van der Waals surface area contributed by atoms with E-state index in [4.69, 9.17) is 0 Å². The molecule has 0 spiro atoms. The van der Waals surface area contributed by atoms with Gasteiger partial charge in [-0.1, -0.05) is 30.0 Å². The monoisotopic (exact) mass is 391 g/mol. The summed E-state index contributed by atoms with van der Waals surface area (Å²) in [6, 6.07) is 9.67. The fourth-order valence-corrected chi connectivity index (χ4v) is 5.56. The van der Waals surface area contributed by atoms with Crippen molar-refractivity contribution < 1.29 is 8.42 Å². The summed E-state index contributed by atoms with van der Waals surface area (Å²) in [7, 11) is -1.09. The van der Waals surface area contributed by atoms with Crippen molar-refractivity contribution in [3.63, 3.8) is 0 Å². The van der Waals surface area contributed by atoms with Crippen LogP contribution >= 0.6 is 11.8 Å². The first-order chi connectivity index (χ1) is 12.5. The zero-order valence-electron chi connectivity index (χ0n) is 14.1. The highest BCUT2D eigenvalue weighted by Crippen LogP contribution is 2.30. The van der Waals surface area contributed by atoms with Crippen molar-refractivity contribution in [2.75, 3.05) is 11.5 Å². The Kier molecular flexibility index (Phi) is 4.49. The highest BCUT2D eigenvalue weighted by atomic mass is 32.2. The second kappa shape index (κ2) is 6.80. The molecule has 4 rings (SSSR count). The Morgan fingerprint density at radius 2 is 2.00 bits per heavy atom. The molecule has 3 aromatic rings. The molecule has 0 amide bonds. The van der Waals surface area contributed by atoms with Crippen molar-refractivity contribution in [1.29, 1.82) is 0 Å². The number of hydrogen-bond donors (Lipinski definition) is 0. The number of rotatable bonds is 5. The second-order valence-corrected chi connectivity index (χ2v) is 9.30. The van der Waals surface area contributed by atoms with Crippen LogP contribution in [0.25, 0.3) is 5.69 Å². The molecule has 1 atom stereocenters. The van der Waals surface area contributed by atoms with Crippen LogP contribution < -0.4 is 0 Å². The molecule has 136 valence electrons. The van der Waals surface area contributed by atoms with E-state index in [0.717, 1.165) is 11.5 Å². The molecule has 1 saturated heterocycles. The van der Waals surface area contributed by atoms with Gasteiger partial charge in [-0.25, -0.2) is 8.42 Å². The number of tetrazole rings is 1. The Bertz CT molecular complexity index is 1010. The molecule has 1 aromatic carbocycles. The summed E-state index contributed by atoms with van der Waals surface area (Å²) in [5.41, 5.74) is 0.892. The quantitative estimate of drug-likeness (QED) is 0.592. The molecule has 11 heteroatoms. The minimum absolute atomic E-state index is 0.0820. The van der Waals surface area contributed by atoms with Gasteiger partial charge in [-0.2, -0.15) is 4.68 Å². The van der Waals surface area contributed by atoms with Crippen LogP contribution in [0.4, 0.5) is 0 Å². The minimum Gasteiger partial charge on any atom is -0.309 e. The number of sulfone groups is 1. The van der Waals surface area contributed by atoms with E-state index in [1.807, 2.05) is 41.9 Å². The number of benzene rings is 1. The first-order valence-electron chi connectivity index (χ1n) is 8.09. The van der Waals surface area contributed by atoms with E-state index in [0.29, 0.717) is 23.2 Å². The summed E-state index contributed by atoms with van der Waals surface area (Å²) in [5, 5.41) is 21.0. The predicted octanol–water partition coefficient (Wildman–Crippen LogP) is 0.985.